The molecule has 2 nitrogen and oxygen atoms in total. The maximum Gasteiger partial charge on any atom is 0.191 e. The van der Waals surface area contributed by atoms with Crippen molar-refractivity contribution in [3.05, 3.63) is 125 Å². The van der Waals surface area contributed by atoms with Gasteiger partial charge in [0.25, 0.3) is 0 Å². The molecule has 1 heterocycles. The monoisotopic (exact) mass is 371 g/mol. The number of hydrogen-bond acceptors (Lipinski definition) is 2. The van der Waals surface area contributed by atoms with Crippen LogP contribution >= 0.6 is 11.6 Å². The third-order valence-electron chi connectivity index (χ3n) is 4.63. The number of rotatable bonds is 4. The number of Topliss-reactive ketones (excluding diaryl/α,β-unsaturated/α-hetero) is 1. The molecule has 1 aliphatic rings. The highest BCUT2D eigenvalue weighted by Gasteiger charge is 2.25. The van der Waals surface area contributed by atoms with Crippen molar-refractivity contribution >= 4 is 23.1 Å². The summed E-state index contributed by atoms with van der Waals surface area (Å²) in [4.78, 5) is 15.2. The Hall–Kier alpha value is -3.10. The highest BCUT2D eigenvalue weighted by molar-refractivity contribution is 6.30. The van der Waals surface area contributed by atoms with Crippen LogP contribution in [-0.4, -0.2) is 5.78 Å². The summed E-state index contributed by atoms with van der Waals surface area (Å²) in [6, 6.07) is 27.1. The summed E-state index contributed by atoms with van der Waals surface area (Å²) in [5.74, 6) is -0.0461. The fourth-order valence-corrected chi connectivity index (χ4v) is 3.36. The van der Waals surface area contributed by atoms with Gasteiger partial charge < -0.3 is 4.90 Å². The molecule has 4 rings (SSSR count). The molecule has 3 aromatic rings. The molecule has 1 aliphatic heterocycles. The summed E-state index contributed by atoms with van der Waals surface area (Å²) in [6.07, 6.45) is 6.00. The zero-order chi connectivity index (χ0) is 18.6. The van der Waals surface area contributed by atoms with Crippen molar-refractivity contribution in [1.82, 2.24) is 0 Å². The third kappa shape index (κ3) is 3.71. The topological polar surface area (TPSA) is 20.3 Å². The number of carbonyl (C=O) groups is 1. The molecule has 0 spiro atoms. The minimum absolute atomic E-state index is 0.0350. The van der Waals surface area contributed by atoms with Gasteiger partial charge in [-0.2, -0.15) is 0 Å². The molecule has 1 unspecified atom stereocenters. The second-order valence-electron chi connectivity index (χ2n) is 6.39. The minimum Gasteiger partial charge on any atom is -0.324 e. The Labute approximate surface area is 164 Å². The van der Waals surface area contributed by atoms with Crippen LogP contribution < -0.4 is 4.90 Å². The molecule has 1 atom stereocenters. The van der Waals surface area contributed by atoms with E-state index in [0.717, 1.165) is 16.8 Å². The normalized spacial score (nSPS) is 16.1. The molecule has 0 N–H and O–H groups in total. The fraction of sp³-hybridized carbons (Fsp3) is 0.0417. The molecule has 0 radical (unpaired) electrons. The molecule has 0 aliphatic carbocycles. The smallest absolute Gasteiger partial charge is 0.191 e. The van der Waals surface area contributed by atoms with Crippen molar-refractivity contribution in [2.75, 3.05) is 4.90 Å². The van der Waals surface area contributed by atoms with Crippen LogP contribution in [-0.2, 0) is 0 Å². The molecule has 3 heteroatoms. The van der Waals surface area contributed by atoms with E-state index in [0.29, 0.717) is 10.6 Å². The number of anilines is 1. The van der Waals surface area contributed by atoms with Crippen LogP contribution in [0.5, 0.6) is 0 Å². The predicted molar refractivity (Wildman–Crippen MR) is 111 cm³/mol. The van der Waals surface area contributed by atoms with Gasteiger partial charge in [0.15, 0.2) is 5.78 Å². The molecule has 0 saturated carbocycles. The second kappa shape index (κ2) is 7.65. The van der Waals surface area contributed by atoms with Gasteiger partial charge in [0.1, 0.15) is 0 Å². The summed E-state index contributed by atoms with van der Waals surface area (Å²) >= 11 is 6.01. The lowest BCUT2D eigenvalue weighted by atomic mass is 9.85. The molecule has 0 bridgehead atoms. The zero-order valence-corrected chi connectivity index (χ0v) is 15.4. The van der Waals surface area contributed by atoms with E-state index in [-0.39, 0.29) is 11.7 Å². The van der Waals surface area contributed by atoms with Gasteiger partial charge in [-0.05, 0) is 29.8 Å². The standard InChI is InChI=1S/C24H18ClNO/c25-20-11-13-21(14-12-20)26-16-15-22(18-7-3-1-4-8-18)23(17-26)24(27)19-9-5-2-6-10-19/h1-17,22H. The van der Waals surface area contributed by atoms with Crippen molar-refractivity contribution < 1.29 is 4.79 Å². The molecular weight excluding hydrogens is 354 g/mol. The van der Waals surface area contributed by atoms with Crippen molar-refractivity contribution in [1.29, 1.82) is 0 Å². The molecular formula is C24H18ClNO. The van der Waals surface area contributed by atoms with Crippen LogP contribution in [0.1, 0.15) is 21.8 Å². The van der Waals surface area contributed by atoms with E-state index in [1.807, 2.05) is 90.1 Å². The Bertz CT molecular complexity index is 992. The summed E-state index contributed by atoms with van der Waals surface area (Å²) in [5, 5.41) is 0.687. The summed E-state index contributed by atoms with van der Waals surface area (Å²) < 4.78 is 0. The lowest BCUT2D eigenvalue weighted by Crippen LogP contribution is -2.21. The molecule has 132 valence electrons. The van der Waals surface area contributed by atoms with Crippen LogP contribution in [0.3, 0.4) is 0 Å². The molecule has 3 aromatic carbocycles. The number of nitrogens with zero attached hydrogens (tertiary/aromatic N) is 1. The number of benzene rings is 3. The first-order valence-corrected chi connectivity index (χ1v) is 9.19. The van der Waals surface area contributed by atoms with Gasteiger partial charge in [-0.3, -0.25) is 4.79 Å². The number of halogens is 1. The van der Waals surface area contributed by atoms with E-state index >= 15 is 0 Å². The SMILES string of the molecule is O=C(C1=CN(c2ccc(Cl)cc2)C=CC1c1ccccc1)c1ccccc1. The average Bonchev–Trinajstić information content (AvgIpc) is 2.74. The van der Waals surface area contributed by atoms with Crippen LogP contribution in [0.25, 0.3) is 0 Å². The van der Waals surface area contributed by atoms with Crippen molar-refractivity contribution in [3.8, 4) is 0 Å². The van der Waals surface area contributed by atoms with E-state index in [2.05, 4.69) is 18.2 Å². The number of hydrogen-bond donors (Lipinski definition) is 0. The van der Waals surface area contributed by atoms with Crippen LogP contribution in [0.4, 0.5) is 5.69 Å². The Morgan fingerprint density at radius 3 is 2.11 bits per heavy atom. The predicted octanol–water partition coefficient (Wildman–Crippen LogP) is 6.22. The van der Waals surface area contributed by atoms with Gasteiger partial charge in [0.2, 0.25) is 0 Å². The highest BCUT2D eigenvalue weighted by Crippen LogP contribution is 2.34. The van der Waals surface area contributed by atoms with Crippen LogP contribution in [0, 0.1) is 0 Å². The maximum atomic E-state index is 13.3. The lowest BCUT2D eigenvalue weighted by Gasteiger charge is -2.27. The first kappa shape index (κ1) is 17.3. The first-order valence-electron chi connectivity index (χ1n) is 8.81. The molecule has 0 saturated heterocycles. The molecule has 27 heavy (non-hydrogen) atoms. The quantitative estimate of drug-likeness (QED) is 0.507. The van der Waals surface area contributed by atoms with Gasteiger partial charge in [0, 0.05) is 40.2 Å². The Morgan fingerprint density at radius 1 is 0.815 bits per heavy atom. The summed E-state index contributed by atoms with van der Waals surface area (Å²) in [5.41, 5.74) is 3.49. The molecule has 0 aromatic heterocycles. The van der Waals surface area contributed by atoms with Crippen LogP contribution in [0.2, 0.25) is 5.02 Å². The highest BCUT2D eigenvalue weighted by atomic mass is 35.5. The number of carbonyl (C=O) groups excluding carboxylic acids is 1. The lowest BCUT2D eigenvalue weighted by molar-refractivity contribution is 0.102. The third-order valence-corrected chi connectivity index (χ3v) is 4.89. The first-order chi connectivity index (χ1) is 13.2. The fourth-order valence-electron chi connectivity index (χ4n) is 3.24. The van der Waals surface area contributed by atoms with E-state index in [9.17, 15) is 4.79 Å². The second-order valence-corrected chi connectivity index (χ2v) is 6.83. The van der Waals surface area contributed by atoms with Crippen molar-refractivity contribution in [2.24, 2.45) is 0 Å². The Kier molecular flexibility index (Phi) is 4.91. The molecule has 0 fully saturated rings. The molecule has 0 amide bonds. The van der Waals surface area contributed by atoms with Gasteiger partial charge in [-0.1, -0.05) is 78.3 Å². The average molecular weight is 372 g/mol. The number of allylic oxidation sites excluding steroid dienone is 2. The number of ketones is 1. The van der Waals surface area contributed by atoms with E-state index in [4.69, 9.17) is 11.6 Å². The van der Waals surface area contributed by atoms with Gasteiger partial charge in [-0.15, -0.1) is 0 Å². The van der Waals surface area contributed by atoms with E-state index in [1.54, 1.807) is 0 Å². The van der Waals surface area contributed by atoms with Gasteiger partial charge >= 0.3 is 0 Å². The maximum absolute atomic E-state index is 13.3. The summed E-state index contributed by atoms with van der Waals surface area (Å²) in [7, 11) is 0. The minimum atomic E-state index is -0.0811. The van der Waals surface area contributed by atoms with Crippen molar-refractivity contribution in [2.45, 2.75) is 5.92 Å². The Balaban J connectivity index is 1.76. The largest absolute Gasteiger partial charge is 0.324 e. The Morgan fingerprint density at radius 2 is 1.44 bits per heavy atom. The van der Waals surface area contributed by atoms with E-state index < -0.39 is 0 Å². The van der Waals surface area contributed by atoms with Gasteiger partial charge in [0.05, 0.1) is 0 Å². The van der Waals surface area contributed by atoms with Crippen molar-refractivity contribution in [3.63, 3.8) is 0 Å². The van der Waals surface area contributed by atoms with Crippen LogP contribution in [0.15, 0.2) is 109 Å². The van der Waals surface area contributed by atoms with E-state index in [1.165, 1.54) is 0 Å². The zero-order valence-electron chi connectivity index (χ0n) is 14.6. The summed E-state index contributed by atoms with van der Waals surface area (Å²) in [6.45, 7) is 0. The van der Waals surface area contributed by atoms with Gasteiger partial charge in [-0.25, -0.2) is 0 Å².